The van der Waals surface area contributed by atoms with Gasteiger partial charge in [-0.2, -0.15) is 0 Å². The predicted octanol–water partition coefficient (Wildman–Crippen LogP) is 4.88. The van der Waals surface area contributed by atoms with Crippen LogP contribution in [0.4, 0.5) is 21.9 Å². The average Bonchev–Trinajstić information content (AvgIpc) is 2.79. The van der Waals surface area contributed by atoms with Gasteiger partial charge >= 0.3 is 6.03 Å². The summed E-state index contributed by atoms with van der Waals surface area (Å²) in [7, 11) is 0. The molecule has 8 heteroatoms. The molecule has 7 nitrogen and oxygen atoms in total. The van der Waals surface area contributed by atoms with E-state index in [1.54, 1.807) is 6.92 Å². The van der Waals surface area contributed by atoms with Crippen LogP contribution in [0.2, 0.25) is 5.02 Å². The molecular formula is C26H34ClN5O2. The highest BCUT2D eigenvalue weighted by Crippen LogP contribution is 2.41. The molecule has 3 amide bonds. The van der Waals surface area contributed by atoms with Gasteiger partial charge in [0.2, 0.25) is 5.91 Å². The Hall–Kier alpha value is -2.93. The number of piperazine rings is 1. The van der Waals surface area contributed by atoms with Gasteiger partial charge in [0, 0.05) is 72.8 Å². The van der Waals surface area contributed by atoms with Crippen molar-refractivity contribution in [3.8, 4) is 0 Å². The lowest BCUT2D eigenvalue weighted by atomic mass is 9.90. The van der Waals surface area contributed by atoms with Crippen LogP contribution in [-0.4, -0.2) is 55.1 Å². The Labute approximate surface area is 207 Å². The Morgan fingerprint density at radius 3 is 2.32 bits per heavy atom. The van der Waals surface area contributed by atoms with Crippen molar-refractivity contribution in [1.82, 2.24) is 10.2 Å². The van der Waals surface area contributed by atoms with E-state index >= 15 is 0 Å². The quantitative estimate of drug-likeness (QED) is 0.650. The van der Waals surface area contributed by atoms with Crippen LogP contribution in [-0.2, 0) is 4.79 Å². The smallest absolute Gasteiger partial charge is 0.317 e. The number of rotatable bonds is 4. The summed E-state index contributed by atoms with van der Waals surface area (Å²) in [6, 6.07) is 14.4. The molecule has 4 rings (SSSR count). The Kier molecular flexibility index (Phi) is 7.22. The molecule has 0 bridgehead atoms. The number of carbonyl (C=O) groups is 2. The monoisotopic (exact) mass is 483 g/mol. The van der Waals surface area contributed by atoms with Gasteiger partial charge in [-0.05, 0) is 69.7 Å². The highest BCUT2D eigenvalue weighted by Gasteiger charge is 2.33. The second-order valence-corrected chi connectivity index (χ2v) is 9.94. The van der Waals surface area contributed by atoms with Crippen LogP contribution in [0.15, 0.2) is 42.5 Å². The number of nitrogens with zero attached hydrogens (tertiary/aromatic N) is 3. The third-order valence-electron chi connectivity index (χ3n) is 6.53. The van der Waals surface area contributed by atoms with Gasteiger partial charge in [-0.25, -0.2) is 4.79 Å². The lowest BCUT2D eigenvalue weighted by Gasteiger charge is -2.41. The zero-order valence-electron chi connectivity index (χ0n) is 20.3. The maximum atomic E-state index is 12.5. The molecule has 2 unspecified atom stereocenters. The molecule has 0 radical (unpaired) electrons. The van der Waals surface area contributed by atoms with E-state index in [4.69, 9.17) is 11.6 Å². The molecule has 2 aliphatic rings. The second-order valence-electron chi connectivity index (χ2n) is 9.50. The van der Waals surface area contributed by atoms with E-state index in [9.17, 15) is 9.59 Å². The van der Waals surface area contributed by atoms with E-state index in [0.29, 0.717) is 18.1 Å². The number of anilines is 3. The number of benzene rings is 2. The minimum absolute atomic E-state index is 0.00147. The number of hydrogen-bond acceptors (Lipinski definition) is 4. The lowest BCUT2D eigenvalue weighted by molar-refractivity contribution is -0.117. The van der Waals surface area contributed by atoms with Gasteiger partial charge in [0.05, 0.1) is 6.04 Å². The summed E-state index contributed by atoms with van der Waals surface area (Å²) in [5.74, 6) is 0.0521. The first-order valence-electron chi connectivity index (χ1n) is 12.0. The molecule has 2 N–H and O–H groups in total. The SMILES string of the molecule is CC(=O)N1c2ccc(N3CCN(C(=O)NC(C)C)CC3)cc2C(Nc2ccc(Cl)cc2)CC1C. The van der Waals surface area contributed by atoms with Gasteiger partial charge in [-0.1, -0.05) is 11.6 Å². The van der Waals surface area contributed by atoms with Gasteiger partial charge < -0.3 is 25.3 Å². The molecule has 2 heterocycles. The summed E-state index contributed by atoms with van der Waals surface area (Å²) in [6.07, 6.45) is 0.807. The van der Waals surface area contributed by atoms with Gasteiger partial charge in [0.15, 0.2) is 0 Å². The number of urea groups is 1. The number of nitrogens with one attached hydrogen (secondary N) is 2. The first-order chi connectivity index (χ1) is 16.2. The van der Waals surface area contributed by atoms with Crippen LogP contribution in [0.5, 0.6) is 0 Å². The first kappa shape index (κ1) is 24.2. The summed E-state index contributed by atoms with van der Waals surface area (Å²) in [5.41, 5.74) is 4.18. The molecule has 2 aromatic carbocycles. The molecule has 34 heavy (non-hydrogen) atoms. The van der Waals surface area contributed by atoms with Gasteiger partial charge in [-0.3, -0.25) is 4.79 Å². The van der Waals surface area contributed by atoms with Crippen molar-refractivity contribution in [2.75, 3.05) is 41.3 Å². The third-order valence-corrected chi connectivity index (χ3v) is 6.78. The van der Waals surface area contributed by atoms with E-state index in [-0.39, 0.29) is 30.1 Å². The third kappa shape index (κ3) is 5.25. The molecule has 2 aliphatic heterocycles. The first-order valence-corrected chi connectivity index (χ1v) is 12.4. The molecule has 2 atom stereocenters. The zero-order valence-corrected chi connectivity index (χ0v) is 21.1. The Morgan fingerprint density at radius 1 is 1.03 bits per heavy atom. The molecule has 1 fully saturated rings. The fourth-order valence-corrected chi connectivity index (χ4v) is 5.04. The van der Waals surface area contributed by atoms with Gasteiger partial charge in [-0.15, -0.1) is 0 Å². The van der Waals surface area contributed by atoms with E-state index in [1.807, 2.05) is 47.9 Å². The topological polar surface area (TPSA) is 67.9 Å². The van der Waals surface area contributed by atoms with Crippen LogP contribution >= 0.6 is 11.6 Å². The standard InChI is InChI=1S/C26H34ClN5O2/c1-17(2)28-26(34)31-13-11-30(12-14-31)22-9-10-25-23(16-22)24(15-18(3)32(25)19(4)33)29-21-7-5-20(27)6-8-21/h5-10,16-18,24,29H,11-15H2,1-4H3,(H,28,34). The summed E-state index contributed by atoms with van der Waals surface area (Å²) in [6.45, 7) is 10.6. The summed E-state index contributed by atoms with van der Waals surface area (Å²) in [4.78, 5) is 30.9. The minimum atomic E-state index is -0.00147. The van der Waals surface area contributed by atoms with E-state index in [1.165, 1.54) is 0 Å². The lowest BCUT2D eigenvalue weighted by Crippen LogP contribution is -2.53. The maximum absolute atomic E-state index is 12.5. The molecule has 1 saturated heterocycles. The van der Waals surface area contributed by atoms with Crippen LogP contribution in [0.3, 0.4) is 0 Å². The zero-order chi connectivity index (χ0) is 24.4. The summed E-state index contributed by atoms with van der Waals surface area (Å²) in [5, 5.41) is 7.33. The Balaban J connectivity index is 1.57. The number of carbonyl (C=O) groups excluding carboxylic acids is 2. The van der Waals surface area contributed by atoms with Crippen molar-refractivity contribution in [2.45, 2.75) is 52.2 Å². The highest BCUT2D eigenvalue weighted by atomic mass is 35.5. The van der Waals surface area contributed by atoms with Crippen molar-refractivity contribution in [2.24, 2.45) is 0 Å². The molecule has 0 spiro atoms. The molecule has 182 valence electrons. The van der Waals surface area contributed by atoms with E-state index in [0.717, 1.165) is 42.1 Å². The maximum Gasteiger partial charge on any atom is 0.317 e. The van der Waals surface area contributed by atoms with Crippen molar-refractivity contribution >= 4 is 40.6 Å². The summed E-state index contributed by atoms with van der Waals surface area (Å²) < 4.78 is 0. The van der Waals surface area contributed by atoms with Crippen LogP contribution in [0, 0.1) is 0 Å². The Bertz CT molecular complexity index is 1030. The molecule has 2 aromatic rings. The normalized spacial score (nSPS) is 20.2. The van der Waals surface area contributed by atoms with E-state index < -0.39 is 0 Å². The summed E-state index contributed by atoms with van der Waals surface area (Å²) >= 11 is 6.07. The minimum Gasteiger partial charge on any atom is -0.378 e. The fraction of sp³-hybridized carbons (Fsp3) is 0.462. The highest BCUT2D eigenvalue weighted by molar-refractivity contribution is 6.30. The molecule has 0 saturated carbocycles. The molecule has 0 aliphatic carbocycles. The van der Waals surface area contributed by atoms with Crippen molar-refractivity contribution in [3.05, 3.63) is 53.1 Å². The van der Waals surface area contributed by atoms with Crippen molar-refractivity contribution in [1.29, 1.82) is 0 Å². The van der Waals surface area contributed by atoms with Crippen molar-refractivity contribution < 1.29 is 9.59 Å². The average molecular weight is 484 g/mol. The number of hydrogen-bond donors (Lipinski definition) is 2. The largest absolute Gasteiger partial charge is 0.378 e. The number of fused-ring (bicyclic) bond motifs is 1. The van der Waals surface area contributed by atoms with Gasteiger partial charge in [0.25, 0.3) is 0 Å². The van der Waals surface area contributed by atoms with Gasteiger partial charge in [0.1, 0.15) is 0 Å². The van der Waals surface area contributed by atoms with Crippen LogP contribution < -0.4 is 20.4 Å². The second kappa shape index (κ2) is 10.1. The van der Waals surface area contributed by atoms with Crippen molar-refractivity contribution in [3.63, 3.8) is 0 Å². The van der Waals surface area contributed by atoms with E-state index in [2.05, 4.69) is 40.7 Å². The number of halogens is 1. The Morgan fingerprint density at radius 2 is 1.71 bits per heavy atom. The van der Waals surface area contributed by atoms with Crippen LogP contribution in [0.25, 0.3) is 0 Å². The molecular weight excluding hydrogens is 450 g/mol. The number of amides is 3. The van der Waals surface area contributed by atoms with Crippen LogP contribution in [0.1, 0.15) is 45.7 Å². The fourth-order valence-electron chi connectivity index (χ4n) is 4.92. The predicted molar refractivity (Wildman–Crippen MR) is 139 cm³/mol. The molecule has 0 aromatic heterocycles.